The van der Waals surface area contributed by atoms with Gasteiger partial charge in [-0.25, -0.2) is 8.42 Å². The molecule has 0 aliphatic carbocycles. The standard InChI is InChI=1S/C24H26ClN5O3S2.H2/c1-3-22-26-27-24(34-22)28-35(32,33)20-8-6-17-13-29(14-18(17)12-20)23(31)15(2)30-10-4-5-16-11-19(25)7-9-21(16)30;/h6-9,11-12,15H,3-5,10,13-14H2,1-2H3,(H,27,28);1H/t15-;/m1./s1. The zero-order valence-corrected chi connectivity index (χ0v) is 21.9. The van der Waals surface area contributed by atoms with Gasteiger partial charge in [-0.15, -0.1) is 10.2 Å². The molecule has 3 aromatic rings. The van der Waals surface area contributed by atoms with Crippen molar-refractivity contribution in [1.82, 2.24) is 15.1 Å². The van der Waals surface area contributed by atoms with E-state index < -0.39 is 10.0 Å². The van der Waals surface area contributed by atoms with Crippen LogP contribution in [0.5, 0.6) is 0 Å². The van der Waals surface area contributed by atoms with E-state index in [-0.39, 0.29) is 23.4 Å². The fraction of sp³-hybridized carbons (Fsp3) is 0.375. The number of amides is 1. The van der Waals surface area contributed by atoms with Gasteiger partial charge in [-0.2, -0.15) is 0 Å². The summed E-state index contributed by atoms with van der Waals surface area (Å²) in [6, 6.07) is 10.5. The third kappa shape index (κ3) is 4.74. The van der Waals surface area contributed by atoms with E-state index in [1.165, 1.54) is 11.3 Å². The first-order valence-corrected chi connectivity index (χ1v) is 14.2. The summed E-state index contributed by atoms with van der Waals surface area (Å²) in [6.45, 7) is 5.52. The van der Waals surface area contributed by atoms with E-state index in [0.29, 0.717) is 24.5 Å². The maximum absolute atomic E-state index is 13.5. The van der Waals surface area contributed by atoms with Crippen LogP contribution in [0.2, 0.25) is 5.02 Å². The highest BCUT2D eigenvalue weighted by Gasteiger charge is 2.33. The lowest BCUT2D eigenvalue weighted by Gasteiger charge is -2.37. The van der Waals surface area contributed by atoms with E-state index >= 15 is 0 Å². The molecule has 0 unspecified atom stereocenters. The number of nitrogens with zero attached hydrogens (tertiary/aromatic N) is 4. The average Bonchev–Trinajstić information content (AvgIpc) is 3.48. The molecule has 0 fully saturated rings. The average molecular weight is 534 g/mol. The van der Waals surface area contributed by atoms with Crippen LogP contribution in [-0.2, 0) is 40.7 Å². The monoisotopic (exact) mass is 533 g/mol. The van der Waals surface area contributed by atoms with Crippen molar-refractivity contribution in [1.29, 1.82) is 0 Å². The minimum absolute atomic E-state index is 0. The Kier molecular flexibility index (Phi) is 6.45. The Morgan fingerprint density at radius 1 is 1.17 bits per heavy atom. The molecule has 3 heterocycles. The highest BCUT2D eigenvalue weighted by molar-refractivity contribution is 7.93. The van der Waals surface area contributed by atoms with E-state index in [1.807, 2.05) is 32.0 Å². The van der Waals surface area contributed by atoms with Crippen LogP contribution in [0.3, 0.4) is 0 Å². The molecule has 186 valence electrons. The lowest BCUT2D eigenvalue weighted by Crippen LogP contribution is -2.47. The van der Waals surface area contributed by atoms with Crippen LogP contribution in [0, 0.1) is 0 Å². The van der Waals surface area contributed by atoms with Crippen LogP contribution >= 0.6 is 22.9 Å². The molecule has 35 heavy (non-hydrogen) atoms. The second-order valence-electron chi connectivity index (χ2n) is 8.83. The topological polar surface area (TPSA) is 95.5 Å². The smallest absolute Gasteiger partial charge is 0.263 e. The number of carbonyl (C=O) groups excluding carboxylic acids is 1. The molecule has 1 amide bonds. The summed E-state index contributed by atoms with van der Waals surface area (Å²) in [5.41, 5.74) is 4.02. The van der Waals surface area contributed by atoms with Gasteiger partial charge in [0.15, 0.2) is 0 Å². The molecule has 1 atom stereocenters. The number of aryl methyl sites for hydroxylation is 2. The Morgan fingerprint density at radius 2 is 1.97 bits per heavy atom. The van der Waals surface area contributed by atoms with Crippen LogP contribution in [0.25, 0.3) is 0 Å². The van der Waals surface area contributed by atoms with Gasteiger partial charge in [0.1, 0.15) is 11.0 Å². The number of halogens is 1. The van der Waals surface area contributed by atoms with E-state index in [0.717, 1.165) is 46.8 Å². The molecular weight excluding hydrogens is 506 g/mol. The number of rotatable bonds is 6. The molecule has 1 N–H and O–H groups in total. The molecule has 1 aromatic heterocycles. The summed E-state index contributed by atoms with van der Waals surface area (Å²) in [4.78, 5) is 17.5. The van der Waals surface area contributed by atoms with E-state index in [4.69, 9.17) is 11.6 Å². The first-order valence-electron chi connectivity index (χ1n) is 11.6. The van der Waals surface area contributed by atoms with Gasteiger partial charge < -0.3 is 9.80 Å². The van der Waals surface area contributed by atoms with Gasteiger partial charge in [-0.3, -0.25) is 9.52 Å². The van der Waals surface area contributed by atoms with Gasteiger partial charge in [0, 0.05) is 31.8 Å². The van der Waals surface area contributed by atoms with Crippen molar-refractivity contribution in [2.75, 3.05) is 16.2 Å². The summed E-state index contributed by atoms with van der Waals surface area (Å²) >= 11 is 7.39. The lowest BCUT2D eigenvalue weighted by atomic mass is 10.00. The molecule has 5 rings (SSSR count). The van der Waals surface area contributed by atoms with Gasteiger partial charge >= 0.3 is 0 Å². The van der Waals surface area contributed by atoms with Crippen molar-refractivity contribution in [3.05, 3.63) is 63.1 Å². The predicted molar refractivity (Wildman–Crippen MR) is 139 cm³/mol. The number of fused-ring (bicyclic) bond motifs is 2. The minimum Gasteiger partial charge on any atom is -0.360 e. The van der Waals surface area contributed by atoms with E-state index in [1.54, 1.807) is 23.1 Å². The number of nitrogens with one attached hydrogen (secondary N) is 1. The fourth-order valence-corrected chi connectivity index (χ4v) is 6.85. The van der Waals surface area contributed by atoms with Crippen molar-refractivity contribution in [2.24, 2.45) is 0 Å². The molecule has 2 aromatic carbocycles. The number of sulfonamides is 1. The van der Waals surface area contributed by atoms with Crippen molar-refractivity contribution in [3.63, 3.8) is 0 Å². The molecule has 11 heteroatoms. The Labute approximate surface area is 215 Å². The number of anilines is 2. The Hall–Kier alpha value is -2.69. The van der Waals surface area contributed by atoms with Crippen molar-refractivity contribution in [3.8, 4) is 0 Å². The molecule has 2 aliphatic heterocycles. The number of carbonyl (C=O) groups is 1. The predicted octanol–water partition coefficient (Wildman–Crippen LogP) is 4.48. The fourth-order valence-electron chi connectivity index (χ4n) is 4.70. The highest BCUT2D eigenvalue weighted by Crippen LogP contribution is 2.33. The van der Waals surface area contributed by atoms with Crippen molar-refractivity contribution < 1.29 is 14.6 Å². The SMILES string of the molecule is CCc1nnc(NS(=O)(=O)c2ccc3c(c2)CN(C(=O)[C@@H](C)N2CCCc4cc(Cl)ccc42)C3)s1.[HH]. The Morgan fingerprint density at radius 3 is 2.74 bits per heavy atom. The largest absolute Gasteiger partial charge is 0.360 e. The zero-order chi connectivity index (χ0) is 24.7. The molecule has 0 saturated heterocycles. The third-order valence-electron chi connectivity index (χ3n) is 6.53. The first kappa shape index (κ1) is 24.0. The normalized spacial score (nSPS) is 16.1. The van der Waals surface area contributed by atoms with Crippen LogP contribution in [0.15, 0.2) is 41.3 Å². The zero-order valence-electron chi connectivity index (χ0n) is 19.5. The Balaban J connectivity index is 0.00000304. The second-order valence-corrected chi connectivity index (χ2v) is 12.0. The minimum atomic E-state index is -3.80. The van der Waals surface area contributed by atoms with E-state index in [2.05, 4.69) is 19.8 Å². The molecule has 0 spiro atoms. The van der Waals surface area contributed by atoms with Gasteiger partial charge in [-0.05, 0) is 73.2 Å². The van der Waals surface area contributed by atoms with Gasteiger partial charge in [0.2, 0.25) is 11.0 Å². The quantitative estimate of drug-likeness (QED) is 0.502. The summed E-state index contributed by atoms with van der Waals surface area (Å²) in [5.74, 6) is 0.0208. The molecule has 2 aliphatic rings. The Bertz CT molecular complexity index is 1400. The number of aromatic nitrogens is 2. The van der Waals surface area contributed by atoms with Crippen LogP contribution in [-0.4, -0.2) is 42.0 Å². The summed E-state index contributed by atoms with van der Waals surface area (Å²) in [6.07, 6.45) is 2.61. The van der Waals surface area contributed by atoms with Crippen LogP contribution in [0.1, 0.15) is 43.4 Å². The third-order valence-corrected chi connectivity index (χ3v) is 9.22. The molecule has 0 bridgehead atoms. The molecule has 0 saturated carbocycles. The van der Waals surface area contributed by atoms with Gasteiger partial charge in [0.25, 0.3) is 10.0 Å². The van der Waals surface area contributed by atoms with Gasteiger partial charge in [-0.1, -0.05) is 35.9 Å². The summed E-state index contributed by atoms with van der Waals surface area (Å²) in [5, 5.41) is 9.58. The van der Waals surface area contributed by atoms with Crippen molar-refractivity contribution >= 4 is 49.7 Å². The van der Waals surface area contributed by atoms with Gasteiger partial charge in [0.05, 0.1) is 4.90 Å². The number of hydrogen-bond acceptors (Lipinski definition) is 7. The number of benzene rings is 2. The number of hydrogen-bond donors (Lipinski definition) is 1. The van der Waals surface area contributed by atoms with E-state index in [9.17, 15) is 13.2 Å². The molecular formula is C24H28ClN5O3S2. The summed E-state index contributed by atoms with van der Waals surface area (Å²) < 4.78 is 28.3. The molecule has 8 nitrogen and oxygen atoms in total. The van der Waals surface area contributed by atoms with Crippen molar-refractivity contribution in [2.45, 2.75) is 57.1 Å². The van der Waals surface area contributed by atoms with Crippen LogP contribution < -0.4 is 9.62 Å². The summed E-state index contributed by atoms with van der Waals surface area (Å²) in [7, 11) is -3.80. The maximum Gasteiger partial charge on any atom is 0.263 e. The molecule has 0 radical (unpaired) electrons. The first-order chi connectivity index (χ1) is 16.7. The highest BCUT2D eigenvalue weighted by atomic mass is 35.5. The maximum atomic E-state index is 13.5. The lowest BCUT2D eigenvalue weighted by molar-refractivity contribution is -0.132. The van der Waals surface area contributed by atoms with Crippen LogP contribution in [0.4, 0.5) is 10.8 Å². The second kappa shape index (κ2) is 9.40.